The fourth-order valence-corrected chi connectivity index (χ4v) is 4.77. The Labute approximate surface area is 181 Å². The Hall–Kier alpha value is -3.65. The van der Waals surface area contributed by atoms with E-state index in [1.807, 2.05) is 37.3 Å². The van der Waals surface area contributed by atoms with Gasteiger partial charge in [-0.25, -0.2) is 4.98 Å². The van der Waals surface area contributed by atoms with Crippen molar-refractivity contribution in [3.63, 3.8) is 0 Å². The second kappa shape index (κ2) is 7.55. The summed E-state index contributed by atoms with van der Waals surface area (Å²) in [6.07, 6.45) is 1.44. The van der Waals surface area contributed by atoms with Crippen LogP contribution in [-0.2, 0) is 4.79 Å². The minimum absolute atomic E-state index is 0.162. The Bertz CT molecular complexity index is 1360. The van der Waals surface area contributed by atoms with E-state index in [2.05, 4.69) is 10.3 Å². The maximum atomic E-state index is 13.3. The van der Waals surface area contributed by atoms with Crippen LogP contribution >= 0.6 is 11.3 Å². The van der Waals surface area contributed by atoms with Crippen molar-refractivity contribution in [2.75, 3.05) is 12.1 Å². The summed E-state index contributed by atoms with van der Waals surface area (Å²) in [6, 6.07) is 14.3. The lowest BCUT2D eigenvalue weighted by Gasteiger charge is -2.15. The number of hydrogen-bond donors (Lipinski definition) is 1. The Morgan fingerprint density at radius 3 is 2.74 bits per heavy atom. The van der Waals surface area contributed by atoms with Crippen LogP contribution < -0.4 is 20.3 Å². The number of ether oxygens (including phenoxy) is 2. The molecule has 2 aromatic carbocycles. The Kier molecular flexibility index (Phi) is 4.71. The van der Waals surface area contributed by atoms with E-state index < -0.39 is 6.04 Å². The summed E-state index contributed by atoms with van der Waals surface area (Å²) >= 11 is 1.48. The first kappa shape index (κ1) is 19.3. The molecule has 3 heterocycles. The summed E-state index contributed by atoms with van der Waals surface area (Å²) in [7, 11) is 0. The molecule has 156 valence electrons. The zero-order valence-electron chi connectivity index (χ0n) is 16.9. The van der Waals surface area contributed by atoms with E-state index in [1.165, 1.54) is 22.2 Å². The molecule has 0 aliphatic carbocycles. The van der Waals surface area contributed by atoms with Gasteiger partial charge in [-0.1, -0.05) is 30.3 Å². The van der Waals surface area contributed by atoms with Crippen molar-refractivity contribution in [1.82, 2.24) is 9.55 Å². The minimum Gasteiger partial charge on any atom is -0.454 e. The highest BCUT2D eigenvalue weighted by Crippen LogP contribution is 2.36. The number of rotatable bonds is 4. The van der Waals surface area contributed by atoms with Crippen molar-refractivity contribution in [2.24, 2.45) is 0 Å². The average molecular weight is 433 g/mol. The van der Waals surface area contributed by atoms with Gasteiger partial charge in [0.05, 0.1) is 11.7 Å². The predicted molar refractivity (Wildman–Crippen MR) is 120 cm³/mol. The monoisotopic (exact) mass is 433 g/mol. The lowest BCUT2D eigenvalue weighted by atomic mass is 10.1. The van der Waals surface area contributed by atoms with Crippen LogP contribution in [0.5, 0.6) is 11.5 Å². The topological polar surface area (TPSA) is 82.5 Å². The number of amides is 1. The molecule has 1 N–H and O–H groups in total. The number of aryl methyl sites for hydroxylation is 1. The molecule has 5 rings (SSSR count). The van der Waals surface area contributed by atoms with Gasteiger partial charge in [-0.05, 0) is 37.1 Å². The second-order valence-electron chi connectivity index (χ2n) is 7.29. The van der Waals surface area contributed by atoms with Gasteiger partial charge in [-0.2, -0.15) is 0 Å². The molecule has 0 bridgehead atoms. The summed E-state index contributed by atoms with van der Waals surface area (Å²) in [4.78, 5) is 32.3. The molecule has 0 unspecified atom stereocenters. The number of hydrogen-bond acceptors (Lipinski definition) is 6. The van der Waals surface area contributed by atoms with Crippen LogP contribution in [-0.4, -0.2) is 22.3 Å². The SMILES string of the molecule is Cc1c(-c2ccccc2)sc2ncn([C@H](C)C(=O)Nc3ccc4c(c3)OCO4)c(=O)c12. The number of carbonyl (C=O) groups is 1. The molecule has 0 fully saturated rings. The van der Waals surface area contributed by atoms with Gasteiger partial charge in [-0.3, -0.25) is 14.2 Å². The van der Waals surface area contributed by atoms with Crippen LogP contribution in [0.2, 0.25) is 0 Å². The van der Waals surface area contributed by atoms with E-state index in [1.54, 1.807) is 25.1 Å². The third-order valence-corrected chi connectivity index (χ3v) is 6.60. The molecule has 0 spiro atoms. The fraction of sp³-hybridized carbons (Fsp3) is 0.174. The molecule has 1 amide bonds. The van der Waals surface area contributed by atoms with E-state index in [0.29, 0.717) is 27.4 Å². The number of aromatic nitrogens is 2. The molecular formula is C23H19N3O4S. The van der Waals surface area contributed by atoms with Gasteiger partial charge in [-0.15, -0.1) is 11.3 Å². The van der Waals surface area contributed by atoms with E-state index in [0.717, 1.165) is 16.0 Å². The number of nitrogens with zero attached hydrogens (tertiary/aromatic N) is 2. The molecule has 4 aromatic rings. The van der Waals surface area contributed by atoms with E-state index in [-0.39, 0.29) is 18.3 Å². The molecule has 0 saturated carbocycles. The zero-order valence-corrected chi connectivity index (χ0v) is 17.7. The maximum Gasteiger partial charge on any atom is 0.263 e. The number of nitrogens with one attached hydrogen (secondary N) is 1. The Morgan fingerprint density at radius 2 is 1.94 bits per heavy atom. The van der Waals surface area contributed by atoms with Crippen molar-refractivity contribution < 1.29 is 14.3 Å². The van der Waals surface area contributed by atoms with Gasteiger partial charge in [0.2, 0.25) is 12.7 Å². The summed E-state index contributed by atoms with van der Waals surface area (Å²) in [5.41, 5.74) is 2.26. The van der Waals surface area contributed by atoms with Gasteiger partial charge in [0.25, 0.3) is 5.56 Å². The number of fused-ring (bicyclic) bond motifs is 2. The van der Waals surface area contributed by atoms with Crippen LogP contribution in [0.4, 0.5) is 5.69 Å². The van der Waals surface area contributed by atoms with Crippen molar-refractivity contribution >= 4 is 33.1 Å². The number of carbonyl (C=O) groups excluding carboxylic acids is 1. The van der Waals surface area contributed by atoms with Crippen LogP contribution in [0.15, 0.2) is 59.7 Å². The molecule has 1 aliphatic rings. The van der Waals surface area contributed by atoms with Gasteiger partial charge in [0, 0.05) is 16.6 Å². The van der Waals surface area contributed by atoms with Gasteiger partial charge in [0.15, 0.2) is 11.5 Å². The van der Waals surface area contributed by atoms with Crippen molar-refractivity contribution in [3.05, 3.63) is 70.8 Å². The van der Waals surface area contributed by atoms with Crippen molar-refractivity contribution in [2.45, 2.75) is 19.9 Å². The van der Waals surface area contributed by atoms with Crippen LogP contribution in [0.1, 0.15) is 18.5 Å². The first-order valence-corrected chi connectivity index (χ1v) is 10.6. The van der Waals surface area contributed by atoms with Gasteiger partial charge >= 0.3 is 0 Å². The molecule has 0 saturated heterocycles. The highest BCUT2D eigenvalue weighted by atomic mass is 32.1. The predicted octanol–water partition coefficient (Wildman–Crippen LogP) is 4.36. The van der Waals surface area contributed by atoms with Crippen LogP contribution in [0, 0.1) is 6.92 Å². The summed E-state index contributed by atoms with van der Waals surface area (Å²) in [5.74, 6) is 0.894. The zero-order chi connectivity index (χ0) is 21.5. The van der Waals surface area contributed by atoms with Crippen molar-refractivity contribution in [1.29, 1.82) is 0 Å². The lowest BCUT2D eigenvalue weighted by molar-refractivity contribution is -0.118. The van der Waals surface area contributed by atoms with Crippen LogP contribution in [0.25, 0.3) is 20.7 Å². The minimum atomic E-state index is -0.741. The molecule has 1 atom stereocenters. The molecule has 0 radical (unpaired) electrons. The number of benzene rings is 2. The average Bonchev–Trinajstić information content (AvgIpc) is 3.38. The number of anilines is 1. The molecular weight excluding hydrogens is 414 g/mol. The molecule has 8 heteroatoms. The molecule has 7 nitrogen and oxygen atoms in total. The first-order valence-electron chi connectivity index (χ1n) is 9.79. The van der Waals surface area contributed by atoms with Gasteiger partial charge in [0.1, 0.15) is 10.9 Å². The van der Waals surface area contributed by atoms with Crippen molar-refractivity contribution in [3.8, 4) is 21.9 Å². The summed E-state index contributed by atoms with van der Waals surface area (Å²) in [6.45, 7) is 3.76. The quantitative estimate of drug-likeness (QED) is 0.517. The normalized spacial score (nSPS) is 13.4. The molecule has 2 aromatic heterocycles. The Morgan fingerprint density at radius 1 is 1.16 bits per heavy atom. The fourth-order valence-electron chi connectivity index (χ4n) is 3.63. The Balaban J connectivity index is 1.47. The highest BCUT2D eigenvalue weighted by molar-refractivity contribution is 7.22. The third-order valence-electron chi connectivity index (χ3n) is 5.35. The maximum absolute atomic E-state index is 13.3. The molecule has 31 heavy (non-hydrogen) atoms. The largest absolute Gasteiger partial charge is 0.454 e. The molecule has 1 aliphatic heterocycles. The summed E-state index contributed by atoms with van der Waals surface area (Å²) < 4.78 is 12.0. The van der Waals surface area contributed by atoms with E-state index in [4.69, 9.17) is 9.47 Å². The first-order chi connectivity index (χ1) is 15.0. The lowest BCUT2D eigenvalue weighted by Crippen LogP contribution is -2.31. The van der Waals surface area contributed by atoms with Crippen LogP contribution in [0.3, 0.4) is 0 Å². The van der Waals surface area contributed by atoms with E-state index in [9.17, 15) is 9.59 Å². The highest BCUT2D eigenvalue weighted by Gasteiger charge is 2.22. The van der Waals surface area contributed by atoms with Gasteiger partial charge < -0.3 is 14.8 Å². The smallest absolute Gasteiger partial charge is 0.263 e. The van der Waals surface area contributed by atoms with E-state index >= 15 is 0 Å². The standard InChI is InChI=1S/C23H19N3O4S/c1-13-19-22(31-20(13)15-6-4-3-5-7-15)24-11-26(23(19)28)14(2)21(27)25-16-8-9-17-18(10-16)30-12-29-17/h3-11,14H,12H2,1-2H3,(H,25,27)/t14-/m1/s1. The number of thiophene rings is 1. The second-order valence-corrected chi connectivity index (χ2v) is 8.29. The third kappa shape index (κ3) is 3.34. The summed E-state index contributed by atoms with van der Waals surface area (Å²) in [5, 5.41) is 3.38.